The van der Waals surface area contributed by atoms with E-state index in [0.29, 0.717) is 39.0 Å². The summed E-state index contributed by atoms with van der Waals surface area (Å²) in [5.41, 5.74) is -0.775. The number of likely N-dealkylation sites (N-methyl/N-ethyl adjacent to an activating group) is 1. The number of hydrogen-bond donors (Lipinski definition) is 3. The molecule has 1 aromatic carbocycles. The Bertz CT molecular complexity index is 1490. The van der Waals surface area contributed by atoms with Gasteiger partial charge in [-0.2, -0.15) is 8.78 Å². The number of hydrogen-bond acceptors (Lipinski definition) is 8. The molecule has 4 rings (SSSR count). The molecule has 2 aliphatic rings. The van der Waals surface area contributed by atoms with Crippen molar-refractivity contribution in [3.63, 3.8) is 0 Å². The van der Waals surface area contributed by atoms with Gasteiger partial charge in [0.05, 0.1) is 24.3 Å². The van der Waals surface area contributed by atoms with Crippen LogP contribution in [-0.4, -0.2) is 95.8 Å². The van der Waals surface area contributed by atoms with Gasteiger partial charge in [0, 0.05) is 44.6 Å². The maximum atomic E-state index is 15.7. The molecule has 49 heavy (non-hydrogen) atoms. The number of halogens is 3. The Kier molecular flexibility index (Phi) is 12.7. The smallest absolute Gasteiger partial charge is 0.352 e. The number of ether oxygens (including phenoxy) is 1. The normalized spacial score (nSPS) is 18.0. The number of anilines is 1. The molecule has 2 fully saturated rings. The number of nitrogens with zero attached hydrogens (tertiary/aromatic N) is 4. The molecule has 0 radical (unpaired) electrons. The largest absolute Gasteiger partial charge is 0.467 e. The van der Waals surface area contributed by atoms with E-state index in [-0.39, 0.29) is 23.2 Å². The van der Waals surface area contributed by atoms with Crippen molar-refractivity contribution >= 4 is 29.3 Å². The van der Waals surface area contributed by atoms with E-state index in [1.807, 2.05) is 7.05 Å². The van der Waals surface area contributed by atoms with Crippen molar-refractivity contribution in [2.75, 3.05) is 45.7 Å². The van der Waals surface area contributed by atoms with E-state index < -0.39 is 58.9 Å². The Morgan fingerprint density at radius 2 is 1.65 bits per heavy atom. The van der Waals surface area contributed by atoms with Crippen LogP contribution in [0.3, 0.4) is 0 Å². The molecule has 0 spiro atoms. The summed E-state index contributed by atoms with van der Waals surface area (Å²) in [5.74, 6) is -9.75. The molecule has 266 valence electrons. The molecule has 15 heteroatoms. The van der Waals surface area contributed by atoms with E-state index in [1.165, 1.54) is 19.2 Å². The SMILES string of the molecule is C=CC(=O)N[C@H](C)[C@@H](C(=O)N1CCN(C)CC1)c1ccc(NC(=O)[C@@H](NC(=O)C(F)(F)c2cnc(OC)nc2)C2CCCCCC2)c(F)c1. The lowest BCUT2D eigenvalue weighted by Crippen LogP contribution is -2.52. The Labute approximate surface area is 283 Å². The quantitative estimate of drug-likeness (QED) is 0.228. The summed E-state index contributed by atoms with van der Waals surface area (Å²) in [6.45, 7) is 7.33. The van der Waals surface area contributed by atoms with E-state index in [0.717, 1.165) is 50.2 Å². The van der Waals surface area contributed by atoms with Gasteiger partial charge in [-0.1, -0.05) is 38.3 Å². The van der Waals surface area contributed by atoms with Gasteiger partial charge in [-0.05, 0) is 56.5 Å². The van der Waals surface area contributed by atoms with Gasteiger partial charge in [0.25, 0.3) is 5.91 Å². The van der Waals surface area contributed by atoms with Crippen LogP contribution in [0, 0.1) is 11.7 Å². The summed E-state index contributed by atoms with van der Waals surface area (Å²) < 4.78 is 51.1. The van der Waals surface area contributed by atoms with Gasteiger partial charge in [0.2, 0.25) is 17.7 Å². The second-order valence-corrected chi connectivity index (χ2v) is 12.6. The Morgan fingerprint density at radius 1 is 1.02 bits per heavy atom. The minimum Gasteiger partial charge on any atom is -0.467 e. The van der Waals surface area contributed by atoms with Gasteiger partial charge in [-0.15, -0.1) is 0 Å². The van der Waals surface area contributed by atoms with Crippen LogP contribution in [0.4, 0.5) is 18.9 Å². The molecule has 0 bridgehead atoms. The number of carbonyl (C=O) groups is 4. The summed E-state index contributed by atoms with van der Waals surface area (Å²) >= 11 is 0. The van der Waals surface area contributed by atoms with Crippen molar-refractivity contribution < 1.29 is 37.1 Å². The highest BCUT2D eigenvalue weighted by molar-refractivity contribution is 5.98. The van der Waals surface area contributed by atoms with Crippen LogP contribution in [0.1, 0.15) is 62.5 Å². The lowest BCUT2D eigenvalue weighted by molar-refractivity contribution is -0.149. The molecule has 3 N–H and O–H groups in total. The average molecular weight is 688 g/mol. The third kappa shape index (κ3) is 9.34. The highest BCUT2D eigenvalue weighted by atomic mass is 19.3. The van der Waals surface area contributed by atoms with Gasteiger partial charge in [0.1, 0.15) is 11.9 Å². The molecular weight excluding hydrogens is 643 g/mol. The summed E-state index contributed by atoms with van der Waals surface area (Å²) in [7, 11) is 3.21. The molecule has 1 aliphatic carbocycles. The standard InChI is InChI=1S/C34H44F3N7O5/c1-5-27(45)40-21(2)28(31(47)44-16-14-43(3)15-17-44)23-12-13-26(25(35)18-23)41-30(46)29(22-10-8-6-7-9-11-22)42-32(48)34(36,37)24-19-38-33(49-4)39-20-24/h5,12-13,18-22,28-29H,1,6-11,14-17H2,2-4H3,(H,40,45)(H,41,46)(H,42,48)/t21-,28-,29+/m1/s1. The maximum absolute atomic E-state index is 15.7. The minimum atomic E-state index is -4.08. The average Bonchev–Trinajstić information content (AvgIpc) is 3.38. The zero-order valence-electron chi connectivity index (χ0n) is 28.0. The molecule has 0 unspecified atom stereocenters. The predicted molar refractivity (Wildman–Crippen MR) is 175 cm³/mol. The van der Waals surface area contributed by atoms with Crippen molar-refractivity contribution in [1.82, 2.24) is 30.4 Å². The van der Waals surface area contributed by atoms with E-state index in [4.69, 9.17) is 4.74 Å². The monoisotopic (exact) mass is 687 g/mol. The van der Waals surface area contributed by atoms with Gasteiger partial charge in [0.15, 0.2) is 0 Å². The molecular formula is C34H44F3N7O5. The predicted octanol–water partition coefficient (Wildman–Crippen LogP) is 3.36. The van der Waals surface area contributed by atoms with Crippen molar-refractivity contribution in [2.45, 2.75) is 69.4 Å². The number of amides is 4. The Balaban J connectivity index is 1.58. The highest BCUT2D eigenvalue weighted by Crippen LogP contribution is 2.32. The van der Waals surface area contributed by atoms with Gasteiger partial charge in [-0.3, -0.25) is 19.2 Å². The van der Waals surface area contributed by atoms with Crippen LogP contribution in [0.5, 0.6) is 6.01 Å². The zero-order valence-corrected chi connectivity index (χ0v) is 28.0. The van der Waals surface area contributed by atoms with Crippen LogP contribution >= 0.6 is 0 Å². The first kappa shape index (κ1) is 37.3. The first-order valence-corrected chi connectivity index (χ1v) is 16.4. The second kappa shape index (κ2) is 16.7. The molecule has 2 aromatic rings. The number of methoxy groups -OCH3 is 1. The first-order chi connectivity index (χ1) is 23.3. The van der Waals surface area contributed by atoms with Crippen LogP contribution in [0.25, 0.3) is 0 Å². The third-order valence-electron chi connectivity index (χ3n) is 9.15. The number of rotatable bonds is 12. The number of carbonyl (C=O) groups excluding carboxylic acids is 4. The Hall–Kier alpha value is -4.53. The highest BCUT2D eigenvalue weighted by Gasteiger charge is 2.45. The number of piperazine rings is 1. The summed E-state index contributed by atoms with van der Waals surface area (Å²) in [5, 5.41) is 7.41. The number of alkyl halides is 2. The summed E-state index contributed by atoms with van der Waals surface area (Å²) in [6.07, 6.45) is 6.89. The van der Waals surface area contributed by atoms with E-state index in [1.54, 1.807) is 11.8 Å². The van der Waals surface area contributed by atoms with Crippen LogP contribution in [0.2, 0.25) is 0 Å². The summed E-state index contributed by atoms with van der Waals surface area (Å²) in [4.78, 5) is 63.6. The van der Waals surface area contributed by atoms with Crippen molar-refractivity contribution in [1.29, 1.82) is 0 Å². The van der Waals surface area contributed by atoms with Crippen molar-refractivity contribution in [3.05, 3.63) is 60.2 Å². The molecule has 1 aromatic heterocycles. The van der Waals surface area contributed by atoms with Crippen LogP contribution in [0.15, 0.2) is 43.2 Å². The fourth-order valence-electron chi connectivity index (χ4n) is 6.26. The maximum Gasteiger partial charge on any atom is 0.352 e. The van der Waals surface area contributed by atoms with Crippen LogP contribution < -0.4 is 20.7 Å². The third-order valence-corrected chi connectivity index (χ3v) is 9.15. The van der Waals surface area contributed by atoms with Gasteiger partial charge >= 0.3 is 11.9 Å². The van der Waals surface area contributed by atoms with E-state index >= 15 is 13.2 Å². The fraction of sp³-hybridized carbons (Fsp3) is 0.529. The van der Waals surface area contributed by atoms with E-state index in [9.17, 15) is 19.2 Å². The zero-order chi connectivity index (χ0) is 35.7. The molecule has 1 saturated carbocycles. The molecule has 1 aliphatic heterocycles. The second-order valence-electron chi connectivity index (χ2n) is 12.6. The number of aromatic nitrogens is 2. The van der Waals surface area contributed by atoms with Crippen LogP contribution in [-0.2, 0) is 25.1 Å². The lowest BCUT2D eigenvalue weighted by atomic mass is 9.89. The lowest BCUT2D eigenvalue weighted by Gasteiger charge is -2.36. The molecule has 12 nitrogen and oxygen atoms in total. The van der Waals surface area contributed by atoms with E-state index in [2.05, 4.69) is 37.4 Å². The summed E-state index contributed by atoms with van der Waals surface area (Å²) in [6, 6.07) is 1.59. The van der Waals surface area contributed by atoms with Gasteiger partial charge < -0.3 is 30.5 Å². The molecule has 4 amide bonds. The number of benzene rings is 1. The fourth-order valence-corrected chi connectivity index (χ4v) is 6.26. The first-order valence-electron chi connectivity index (χ1n) is 16.4. The topological polar surface area (TPSA) is 146 Å². The Morgan fingerprint density at radius 3 is 2.22 bits per heavy atom. The van der Waals surface area contributed by atoms with Gasteiger partial charge in [-0.25, -0.2) is 14.4 Å². The van der Waals surface area contributed by atoms with Crippen molar-refractivity contribution in [3.8, 4) is 6.01 Å². The number of nitrogens with one attached hydrogen (secondary N) is 3. The molecule has 3 atom stereocenters. The molecule has 2 heterocycles. The minimum absolute atomic E-state index is 0.158. The molecule has 1 saturated heterocycles. The van der Waals surface area contributed by atoms with Crippen molar-refractivity contribution in [2.24, 2.45) is 5.92 Å².